The molecule has 0 heterocycles. The first-order chi connectivity index (χ1) is 13.2. The highest BCUT2D eigenvalue weighted by Gasteiger charge is 2.23. The topological polar surface area (TPSA) is 67.4 Å². The molecule has 27 heavy (non-hydrogen) atoms. The highest BCUT2D eigenvalue weighted by atomic mass is 16.5. The first kappa shape index (κ1) is 19.0. The molecule has 2 amide bonds. The van der Waals surface area contributed by atoms with E-state index in [4.69, 9.17) is 4.74 Å². The maximum atomic E-state index is 12.5. The van der Waals surface area contributed by atoms with Gasteiger partial charge in [-0.3, -0.25) is 9.59 Å². The van der Waals surface area contributed by atoms with Crippen LogP contribution in [-0.2, 0) is 9.59 Å². The predicted octanol–water partition coefficient (Wildman–Crippen LogP) is 3.21. The monoisotopic (exact) mass is 366 g/mol. The molecule has 3 rings (SSSR count). The van der Waals surface area contributed by atoms with Gasteiger partial charge in [0, 0.05) is 5.92 Å². The Morgan fingerprint density at radius 3 is 2.26 bits per heavy atom. The van der Waals surface area contributed by atoms with E-state index in [-0.39, 0.29) is 30.3 Å². The van der Waals surface area contributed by atoms with Crippen molar-refractivity contribution in [2.45, 2.75) is 31.7 Å². The van der Waals surface area contributed by atoms with Crippen LogP contribution in [0.15, 0.2) is 54.6 Å². The summed E-state index contributed by atoms with van der Waals surface area (Å²) >= 11 is 0. The van der Waals surface area contributed by atoms with Crippen molar-refractivity contribution in [2.24, 2.45) is 5.92 Å². The van der Waals surface area contributed by atoms with E-state index in [0.717, 1.165) is 42.6 Å². The summed E-state index contributed by atoms with van der Waals surface area (Å²) in [5.41, 5.74) is 1.94. The number of hydrogen-bond donors (Lipinski definition) is 2. The Labute approximate surface area is 160 Å². The summed E-state index contributed by atoms with van der Waals surface area (Å²) < 4.78 is 5.21. The van der Waals surface area contributed by atoms with Crippen molar-refractivity contribution in [1.29, 1.82) is 0 Å². The van der Waals surface area contributed by atoms with E-state index in [2.05, 4.69) is 10.6 Å². The molecule has 0 radical (unpaired) electrons. The van der Waals surface area contributed by atoms with E-state index in [1.54, 1.807) is 7.11 Å². The van der Waals surface area contributed by atoms with E-state index in [1.165, 1.54) is 0 Å². The van der Waals surface area contributed by atoms with Crippen LogP contribution in [0.2, 0.25) is 0 Å². The molecular formula is C22H26N2O3. The molecule has 0 aromatic heterocycles. The first-order valence-corrected chi connectivity index (χ1v) is 9.43. The van der Waals surface area contributed by atoms with Crippen molar-refractivity contribution in [3.8, 4) is 5.75 Å². The lowest BCUT2D eigenvalue weighted by molar-refractivity contribution is -0.128. The third kappa shape index (κ3) is 5.09. The van der Waals surface area contributed by atoms with Gasteiger partial charge in [-0.2, -0.15) is 0 Å². The van der Waals surface area contributed by atoms with E-state index in [9.17, 15) is 9.59 Å². The standard InChI is InChI=1S/C22H26N2O3/c1-27-19-13-11-17(12-14-19)21(16-7-3-2-4-8-16)24-20(25)15-23-22(26)18-9-5-6-10-18/h2-4,7-8,11-14,18,21H,5-6,9-10,15H2,1H3,(H,23,26)(H,24,25). The Kier molecular flexibility index (Phi) is 6.47. The van der Waals surface area contributed by atoms with Crippen molar-refractivity contribution < 1.29 is 14.3 Å². The maximum Gasteiger partial charge on any atom is 0.240 e. The fraction of sp³-hybridized carbons (Fsp3) is 0.364. The molecule has 0 aliphatic heterocycles. The maximum absolute atomic E-state index is 12.5. The van der Waals surface area contributed by atoms with Gasteiger partial charge in [-0.15, -0.1) is 0 Å². The van der Waals surface area contributed by atoms with Crippen LogP contribution in [0.3, 0.4) is 0 Å². The second-order valence-electron chi connectivity index (χ2n) is 6.88. The predicted molar refractivity (Wildman–Crippen MR) is 104 cm³/mol. The highest BCUT2D eigenvalue weighted by Crippen LogP contribution is 2.25. The van der Waals surface area contributed by atoms with Crippen LogP contribution in [0, 0.1) is 5.92 Å². The molecule has 0 bridgehead atoms. The number of carbonyl (C=O) groups is 2. The van der Waals surface area contributed by atoms with E-state index in [1.807, 2.05) is 54.6 Å². The minimum absolute atomic E-state index is 0.00514. The van der Waals surface area contributed by atoms with Gasteiger partial charge in [-0.25, -0.2) is 0 Å². The molecule has 142 valence electrons. The fourth-order valence-electron chi connectivity index (χ4n) is 3.51. The smallest absolute Gasteiger partial charge is 0.240 e. The van der Waals surface area contributed by atoms with Crippen molar-refractivity contribution in [1.82, 2.24) is 10.6 Å². The zero-order chi connectivity index (χ0) is 19.1. The Balaban J connectivity index is 1.67. The first-order valence-electron chi connectivity index (χ1n) is 9.43. The minimum atomic E-state index is -0.284. The number of carbonyl (C=O) groups excluding carboxylic acids is 2. The highest BCUT2D eigenvalue weighted by molar-refractivity contribution is 5.86. The molecule has 1 saturated carbocycles. The molecular weight excluding hydrogens is 340 g/mol. The number of nitrogens with one attached hydrogen (secondary N) is 2. The SMILES string of the molecule is COc1ccc(C(NC(=O)CNC(=O)C2CCCC2)c2ccccc2)cc1. The Hall–Kier alpha value is -2.82. The van der Waals surface area contributed by atoms with Gasteiger partial charge >= 0.3 is 0 Å². The molecule has 5 heteroatoms. The number of amides is 2. The summed E-state index contributed by atoms with van der Waals surface area (Å²) in [6.07, 6.45) is 4.04. The van der Waals surface area contributed by atoms with E-state index >= 15 is 0 Å². The summed E-state index contributed by atoms with van der Waals surface area (Å²) in [5, 5.41) is 5.82. The van der Waals surface area contributed by atoms with Crippen molar-refractivity contribution in [3.63, 3.8) is 0 Å². The number of hydrogen-bond acceptors (Lipinski definition) is 3. The lowest BCUT2D eigenvalue weighted by Gasteiger charge is -2.20. The summed E-state index contributed by atoms with van der Waals surface area (Å²) in [7, 11) is 1.62. The van der Waals surface area contributed by atoms with Gasteiger partial charge in [0.15, 0.2) is 0 Å². The average molecular weight is 366 g/mol. The molecule has 0 spiro atoms. The summed E-state index contributed by atoms with van der Waals surface area (Å²) in [4.78, 5) is 24.6. The normalized spacial score (nSPS) is 15.1. The largest absolute Gasteiger partial charge is 0.497 e. The Morgan fingerprint density at radius 1 is 1.00 bits per heavy atom. The van der Waals surface area contributed by atoms with Gasteiger partial charge in [-0.05, 0) is 36.1 Å². The zero-order valence-electron chi connectivity index (χ0n) is 15.6. The molecule has 1 aliphatic rings. The average Bonchev–Trinajstić information content (AvgIpc) is 3.26. The van der Waals surface area contributed by atoms with E-state index in [0.29, 0.717) is 0 Å². The molecule has 0 saturated heterocycles. The van der Waals surface area contributed by atoms with Crippen molar-refractivity contribution in [2.75, 3.05) is 13.7 Å². The summed E-state index contributed by atoms with van der Waals surface area (Å²) in [5.74, 6) is 0.611. The Bertz CT molecular complexity index is 753. The fourth-order valence-corrected chi connectivity index (χ4v) is 3.51. The lowest BCUT2D eigenvalue weighted by Crippen LogP contribution is -2.40. The lowest BCUT2D eigenvalue weighted by atomic mass is 9.98. The van der Waals surface area contributed by atoms with Gasteiger partial charge < -0.3 is 15.4 Å². The van der Waals surface area contributed by atoms with Gasteiger partial charge in [0.1, 0.15) is 5.75 Å². The molecule has 1 atom stereocenters. The molecule has 2 N–H and O–H groups in total. The third-order valence-electron chi connectivity index (χ3n) is 5.04. The van der Waals surface area contributed by atoms with Crippen molar-refractivity contribution in [3.05, 3.63) is 65.7 Å². The summed E-state index contributed by atoms with van der Waals surface area (Å²) in [6.45, 7) is -0.00514. The minimum Gasteiger partial charge on any atom is -0.497 e. The van der Waals surface area contributed by atoms with Crippen LogP contribution in [0.4, 0.5) is 0 Å². The molecule has 2 aromatic carbocycles. The summed E-state index contributed by atoms with van der Waals surface area (Å²) in [6, 6.07) is 17.1. The quantitative estimate of drug-likeness (QED) is 0.791. The van der Waals surface area contributed by atoms with Crippen LogP contribution in [0.25, 0.3) is 0 Å². The van der Waals surface area contributed by atoms with E-state index < -0.39 is 0 Å². The zero-order valence-corrected chi connectivity index (χ0v) is 15.6. The van der Waals surface area contributed by atoms with Crippen LogP contribution >= 0.6 is 0 Å². The number of benzene rings is 2. The van der Waals surface area contributed by atoms with Gasteiger partial charge in [0.05, 0.1) is 19.7 Å². The number of ether oxygens (including phenoxy) is 1. The van der Waals surface area contributed by atoms with Gasteiger partial charge in [-0.1, -0.05) is 55.3 Å². The van der Waals surface area contributed by atoms with Crippen LogP contribution in [0.1, 0.15) is 42.9 Å². The van der Waals surface area contributed by atoms with Crippen LogP contribution in [0.5, 0.6) is 5.75 Å². The van der Waals surface area contributed by atoms with Gasteiger partial charge in [0.25, 0.3) is 0 Å². The second-order valence-corrected chi connectivity index (χ2v) is 6.88. The second kappa shape index (κ2) is 9.21. The molecule has 2 aromatic rings. The number of rotatable bonds is 7. The van der Waals surface area contributed by atoms with Crippen LogP contribution < -0.4 is 15.4 Å². The van der Waals surface area contributed by atoms with Gasteiger partial charge in [0.2, 0.25) is 11.8 Å². The van der Waals surface area contributed by atoms with Crippen molar-refractivity contribution >= 4 is 11.8 Å². The molecule has 5 nitrogen and oxygen atoms in total. The molecule has 1 aliphatic carbocycles. The van der Waals surface area contributed by atoms with Crippen LogP contribution in [-0.4, -0.2) is 25.5 Å². The molecule has 1 unspecified atom stereocenters. The third-order valence-corrected chi connectivity index (χ3v) is 5.04. The molecule has 1 fully saturated rings. The number of methoxy groups -OCH3 is 1. The Morgan fingerprint density at radius 2 is 1.63 bits per heavy atom.